The molecule has 0 aromatic carbocycles. The minimum Gasteiger partial charge on any atom is -0.512 e. The zero-order valence-electron chi connectivity index (χ0n) is 2.70. The molecular weight excluding hydrogens is 120 g/mol. The molecule has 0 bridgehead atoms. The number of nitrogens with zero attached hydrogens (tertiary/aromatic N) is 1. The summed E-state index contributed by atoms with van der Waals surface area (Å²) in [4.78, 5) is 0. The second-order valence-corrected chi connectivity index (χ2v) is 0. The first-order valence-electron chi connectivity index (χ1n) is 0.366. The van der Waals surface area contributed by atoms with E-state index in [1.807, 2.05) is 0 Å². The Kier molecular flexibility index (Phi) is 243. The normalized spacial score (nSPS) is 1.60. The van der Waals surface area contributed by atoms with E-state index in [1.165, 1.54) is 0 Å². The molecule has 0 aliphatic carbocycles. The molecule has 0 aliphatic rings. The minimum atomic E-state index is 0. The van der Waals surface area contributed by atoms with Gasteiger partial charge >= 0.3 is 29.6 Å². The summed E-state index contributed by atoms with van der Waals surface area (Å²) in [5.74, 6) is 0. The molecule has 0 saturated carbocycles. The van der Waals surface area contributed by atoms with Crippen LogP contribution in [0, 0.1) is 11.8 Å². The van der Waals surface area contributed by atoms with Gasteiger partial charge in [-0.1, -0.05) is 0 Å². The number of halogens is 2. The van der Waals surface area contributed by atoms with Crippen molar-refractivity contribution >= 4 is 21.7 Å². The molecule has 0 atom stereocenters. The van der Waals surface area contributed by atoms with E-state index >= 15 is 0 Å². The van der Waals surface area contributed by atoms with Crippen molar-refractivity contribution < 1.29 is 29.6 Å². The van der Waals surface area contributed by atoms with Crippen LogP contribution in [0.25, 0.3) is 0 Å². The van der Waals surface area contributed by atoms with Gasteiger partial charge in [0.1, 0.15) is 0 Å². The number of hydrogen-bond acceptors (Lipinski definition) is 1. The van der Waals surface area contributed by atoms with E-state index in [1.54, 1.807) is 0 Å². The summed E-state index contributed by atoms with van der Waals surface area (Å²) in [6.07, 6.45) is 0. The zero-order valence-corrected chi connectivity index (χ0v) is 6.22. The van der Waals surface area contributed by atoms with Crippen LogP contribution in [-0.4, -0.2) is 0 Å². The Morgan fingerprint density at radius 2 is 1.20 bits per heavy atom. The largest absolute Gasteiger partial charge is 1.00 e. The molecule has 0 radical (unpaired) electrons. The number of rotatable bonds is 0. The van der Waals surface area contributed by atoms with Gasteiger partial charge in [-0.25, -0.2) is 0 Å². The third-order valence-electron chi connectivity index (χ3n) is 0. The van der Waals surface area contributed by atoms with Gasteiger partial charge in [0, 0.05) is 21.7 Å². The Balaban J connectivity index is -0.0000000133. The molecule has 0 aromatic heterocycles. The van der Waals surface area contributed by atoms with Crippen LogP contribution >= 0.6 is 21.7 Å². The Bertz CT molecular complexity index is 14.4. The van der Waals surface area contributed by atoms with Gasteiger partial charge in [-0.3, -0.25) is 0 Å². The molecule has 0 saturated heterocycles. The molecule has 0 spiro atoms. The van der Waals surface area contributed by atoms with Crippen LogP contribution in [0.1, 0.15) is 0 Å². The molecule has 0 rings (SSSR count). The molecular formula is CCl2NNa. The van der Waals surface area contributed by atoms with Crippen LogP contribution in [-0.2, 0) is 0 Å². The fourth-order valence-corrected chi connectivity index (χ4v) is 0. The molecule has 0 N–H and O–H groups in total. The van der Waals surface area contributed by atoms with Crippen molar-refractivity contribution in [2.75, 3.05) is 0 Å². The summed E-state index contributed by atoms with van der Waals surface area (Å²) in [5, 5.41) is 6.25. The molecule has 24 valence electrons. The monoisotopic (exact) mass is 119 g/mol. The second-order valence-electron chi connectivity index (χ2n) is 0. The van der Waals surface area contributed by atoms with Gasteiger partial charge in [-0.15, -0.1) is 0 Å². The maximum atomic E-state index is 6.25. The van der Waals surface area contributed by atoms with E-state index in [0.29, 0.717) is 0 Å². The van der Waals surface area contributed by atoms with Crippen LogP contribution in [0.4, 0.5) is 0 Å². The van der Waals surface area contributed by atoms with Crippen molar-refractivity contribution in [1.82, 2.24) is 0 Å². The summed E-state index contributed by atoms with van der Waals surface area (Å²) in [7, 11) is 8.22. The van der Waals surface area contributed by atoms with Crippen molar-refractivity contribution in [3.63, 3.8) is 0 Å². The Morgan fingerprint density at radius 3 is 1.20 bits per heavy atom. The summed E-state index contributed by atoms with van der Waals surface area (Å²) >= 11 is 0. The van der Waals surface area contributed by atoms with E-state index in [0.717, 1.165) is 0 Å². The van der Waals surface area contributed by atoms with Gasteiger partial charge in [-0.05, 0) is 0 Å². The summed E-state index contributed by atoms with van der Waals surface area (Å²) in [6.45, 7) is 4.75. The topological polar surface area (TPSA) is 23.8 Å². The van der Waals surface area contributed by atoms with Gasteiger partial charge in [0.05, 0.1) is 0 Å². The van der Waals surface area contributed by atoms with Crippen molar-refractivity contribution in [2.24, 2.45) is 0 Å². The van der Waals surface area contributed by atoms with Crippen LogP contribution < -0.4 is 29.6 Å². The Morgan fingerprint density at radius 1 is 1.20 bits per heavy atom. The smallest absolute Gasteiger partial charge is 0.512 e. The first kappa shape index (κ1) is 16.6. The summed E-state index contributed by atoms with van der Waals surface area (Å²) < 4.78 is 0. The van der Waals surface area contributed by atoms with Gasteiger partial charge in [0.25, 0.3) is 0 Å². The zero-order chi connectivity index (χ0) is 4.00. The maximum absolute atomic E-state index is 6.25. The van der Waals surface area contributed by atoms with Crippen molar-refractivity contribution in [3.8, 4) is 0 Å². The molecule has 0 fully saturated rings. The quantitative estimate of drug-likeness (QED) is 0.281. The molecule has 0 heterocycles. The predicted octanol–water partition coefficient (Wildman–Crippen LogP) is -1.52. The molecule has 5 heavy (non-hydrogen) atoms. The molecule has 0 aromatic rings. The third-order valence-corrected chi connectivity index (χ3v) is 0. The van der Waals surface area contributed by atoms with Gasteiger partial charge < -0.3 is 11.8 Å². The van der Waals surface area contributed by atoms with Crippen molar-refractivity contribution in [1.29, 1.82) is 5.26 Å². The van der Waals surface area contributed by atoms with Crippen molar-refractivity contribution in [2.45, 2.75) is 0 Å². The molecule has 0 amide bonds. The van der Waals surface area contributed by atoms with Gasteiger partial charge in [0.15, 0.2) is 0 Å². The number of hydrogen-bond donors (Lipinski definition) is 0. The van der Waals surface area contributed by atoms with Crippen LogP contribution in [0.2, 0.25) is 0 Å². The first-order valence-corrected chi connectivity index (χ1v) is 1.51. The summed E-state index contributed by atoms with van der Waals surface area (Å²) in [6, 6.07) is 0. The van der Waals surface area contributed by atoms with E-state index in [4.69, 9.17) is 11.8 Å². The maximum Gasteiger partial charge on any atom is 1.00 e. The summed E-state index contributed by atoms with van der Waals surface area (Å²) in [5.41, 5.74) is 0. The SMILES string of the molecule is ClCl.[C-]#N.[Na+]. The Hall–Kier alpha value is 1.07. The van der Waals surface area contributed by atoms with Crippen LogP contribution in [0.5, 0.6) is 0 Å². The van der Waals surface area contributed by atoms with E-state index < -0.39 is 0 Å². The predicted molar refractivity (Wildman–Crippen MR) is 16.7 cm³/mol. The van der Waals surface area contributed by atoms with E-state index in [-0.39, 0.29) is 29.6 Å². The Labute approximate surface area is 62.7 Å². The fraction of sp³-hybridized carbons (Fsp3) is 0. The van der Waals surface area contributed by atoms with E-state index in [9.17, 15) is 0 Å². The molecule has 0 unspecified atom stereocenters. The third kappa shape index (κ3) is 41.7. The molecule has 0 aliphatic heterocycles. The van der Waals surface area contributed by atoms with Crippen LogP contribution in [0.15, 0.2) is 0 Å². The average molecular weight is 120 g/mol. The van der Waals surface area contributed by atoms with Gasteiger partial charge in [-0.2, -0.15) is 0 Å². The fourth-order valence-electron chi connectivity index (χ4n) is 0. The first-order chi connectivity index (χ1) is 2.00. The standard InChI is InChI=1S/CN.Cl2.Na/c2*1-2;/q-1;;+1. The van der Waals surface area contributed by atoms with Crippen LogP contribution in [0.3, 0.4) is 0 Å². The van der Waals surface area contributed by atoms with E-state index in [2.05, 4.69) is 21.7 Å². The van der Waals surface area contributed by atoms with Gasteiger partial charge in [0.2, 0.25) is 0 Å². The van der Waals surface area contributed by atoms with Crippen molar-refractivity contribution in [3.05, 3.63) is 6.57 Å². The molecule has 4 heteroatoms. The second kappa shape index (κ2) is 73.4. The minimum absolute atomic E-state index is 0. The average Bonchev–Trinajstić information content (AvgIpc) is 1.50. The molecule has 1 nitrogen and oxygen atoms in total.